The number of aliphatic hydroxyl groups is 1. The lowest BCUT2D eigenvalue weighted by Crippen LogP contribution is -2.25. The first-order valence-electron chi connectivity index (χ1n) is 5.14. The van der Waals surface area contributed by atoms with Crippen molar-refractivity contribution in [2.45, 2.75) is 51.6 Å². The summed E-state index contributed by atoms with van der Waals surface area (Å²) in [5.74, 6) is 5.49. The Labute approximate surface area is 85.4 Å². The average Bonchev–Trinajstić information content (AvgIpc) is 2.16. The lowest BCUT2D eigenvalue weighted by atomic mass is 10.2. The summed E-state index contributed by atoms with van der Waals surface area (Å²) in [7, 11) is 0. The highest BCUT2D eigenvalue weighted by Crippen LogP contribution is 2.14. The van der Waals surface area contributed by atoms with Crippen LogP contribution >= 0.6 is 0 Å². The predicted molar refractivity (Wildman–Crippen MR) is 53.6 cm³/mol. The van der Waals surface area contributed by atoms with Crippen molar-refractivity contribution in [3.63, 3.8) is 0 Å². The molecule has 1 fully saturated rings. The summed E-state index contributed by atoms with van der Waals surface area (Å²) >= 11 is 0. The molecule has 3 atom stereocenters. The number of aliphatic hydroxyl groups excluding tert-OH is 1. The van der Waals surface area contributed by atoms with Gasteiger partial charge in [-0.1, -0.05) is 11.8 Å². The van der Waals surface area contributed by atoms with Crippen molar-refractivity contribution in [2.75, 3.05) is 6.61 Å². The third-order valence-corrected chi connectivity index (χ3v) is 1.99. The molecule has 1 N–H and O–H groups in total. The molecule has 3 nitrogen and oxygen atoms in total. The largest absolute Gasteiger partial charge is 0.381 e. The molecule has 1 rings (SSSR count). The summed E-state index contributed by atoms with van der Waals surface area (Å²) in [6, 6.07) is 0. The first-order valence-corrected chi connectivity index (χ1v) is 5.14. The molecule has 3 heteroatoms. The second-order valence-electron chi connectivity index (χ2n) is 3.54. The van der Waals surface area contributed by atoms with Crippen molar-refractivity contribution in [1.29, 1.82) is 0 Å². The zero-order valence-electron chi connectivity index (χ0n) is 8.82. The Bertz CT molecular complexity index is 208. The van der Waals surface area contributed by atoms with Gasteiger partial charge in [0, 0.05) is 6.61 Å². The number of hydrogen-bond donors (Lipinski definition) is 1. The van der Waals surface area contributed by atoms with Gasteiger partial charge in [0.25, 0.3) is 0 Å². The van der Waals surface area contributed by atoms with E-state index in [9.17, 15) is 0 Å². The van der Waals surface area contributed by atoms with Gasteiger partial charge in [0.1, 0.15) is 12.2 Å². The van der Waals surface area contributed by atoms with Crippen molar-refractivity contribution in [3.05, 3.63) is 0 Å². The fourth-order valence-corrected chi connectivity index (χ4v) is 1.32. The molecule has 80 valence electrons. The molecule has 2 unspecified atom stereocenters. The van der Waals surface area contributed by atoms with E-state index in [1.165, 1.54) is 0 Å². The maximum Gasteiger partial charge on any atom is 0.159 e. The van der Waals surface area contributed by atoms with Crippen molar-refractivity contribution >= 4 is 0 Å². The van der Waals surface area contributed by atoms with E-state index in [-0.39, 0.29) is 12.4 Å². The Balaban J connectivity index is 2.25. The second-order valence-corrected chi connectivity index (χ2v) is 3.54. The highest BCUT2D eigenvalue weighted by molar-refractivity contribution is 5.07. The quantitative estimate of drug-likeness (QED) is 0.680. The summed E-state index contributed by atoms with van der Waals surface area (Å²) in [6.45, 7) is 4.28. The van der Waals surface area contributed by atoms with Crippen LogP contribution in [-0.2, 0) is 9.47 Å². The van der Waals surface area contributed by atoms with Gasteiger partial charge in [-0.25, -0.2) is 0 Å². The van der Waals surface area contributed by atoms with Gasteiger partial charge in [-0.05, 0) is 33.1 Å². The molecule has 1 aliphatic heterocycles. The van der Waals surface area contributed by atoms with Crippen LogP contribution in [0.4, 0.5) is 0 Å². The Morgan fingerprint density at radius 3 is 2.71 bits per heavy atom. The normalized spacial score (nSPS) is 26.1. The van der Waals surface area contributed by atoms with Gasteiger partial charge in [-0.15, -0.1) is 0 Å². The number of ether oxygens (including phenoxy) is 2. The van der Waals surface area contributed by atoms with Gasteiger partial charge >= 0.3 is 0 Å². The van der Waals surface area contributed by atoms with Crippen LogP contribution in [0.5, 0.6) is 0 Å². The van der Waals surface area contributed by atoms with Gasteiger partial charge in [0.2, 0.25) is 0 Å². The first-order chi connectivity index (χ1) is 6.68. The van der Waals surface area contributed by atoms with Crippen molar-refractivity contribution in [3.8, 4) is 11.8 Å². The maximum atomic E-state index is 8.95. The molecule has 0 bridgehead atoms. The van der Waals surface area contributed by atoms with E-state index >= 15 is 0 Å². The van der Waals surface area contributed by atoms with Crippen molar-refractivity contribution < 1.29 is 14.6 Å². The third-order valence-electron chi connectivity index (χ3n) is 1.99. The van der Waals surface area contributed by atoms with Crippen LogP contribution in [0.25, 0.3) is 0 Å². The van der Waals surface area contributed by atoms with E-state index in [0.717, 1.165) is 25.9 Å². The van der Waals surface area contributed by atoms with E-state index in [1.807, 2.05) is 6.92 Å². The Hall–Kier alpha value is -0.560. The van der Waals surface area contributed by atoms with Crippen molar-refractivity contribution in [1.82, 2.24) is 0 Å². The van der Waals surface area contributed by atoms with Crippen LogP contribution < -0.4 is 0 Å². The SMILES string of the molecule is CC(O)C#C[C@H](C)OC1CCCCO1. The van der Waals surface area contributed by atoms with Crippen LogP contribution in [0, 0.1) is 11.8 Å². The van der Waals surface area contributed by atoms with Crippen LogP contribution in [0.1, 0.15) is 33.1 Å². The molecule has 0 radical (unpaired) electrons. The lowest BCUT2D eigenvalue weighted by molar-refractivity contribution is -0.173. The molecule has 1 saturated heterocycles. The van der Waals surface area contributed by atoms with Gasteiger partial charge in [-0.3, -0.25) is 0 Å². The van der Waals surface area contributed by atoms with E-state index in [0.29, 0.717) is 0 Å². The molecule has 0 amide bonds. The number of hydrogen-bond acceptors (Lipinski definition) is 3. The van der Waals surface area contributed by atoms with E-state index in [1.54, 1.807) is 6.92 Å². The predicted octanol–water partition coefficient (Wildman–Crippen LogP) is 1.30. The molecule has 0 aromatic rings. The zero-order valence-corrected chi connectivity index (χ0v) is 8.82. The molecular formula is C11H18O3. The monoisotopic (exact) mass is 198 g/mol. The number of rotatable bonds is 2. The second kappa shape index (κ2) is 6.02. The van der Waals surface area contributed by atoms with E-state index in [4.69, 9.17) is 14.6 Å². The molecule has 1 heterocycles. The smallest absolute Gasteiger partial charge is 0.159 e. The molecule has 1 aliphatic rings. The summed E-state index contributed by atoms with van der Waals surface area (Å²) in [6.07, 6.45) is 2.35. The van der Waals surface area contributed by atoms with Gasteiger partial charge in [0.05, 0.1) is 0 Å². The summed E-state index contributed by atoms with van der Waals surface area (Å²) in [5.41, 5.74) is 0. The molecular weight excluding hydrogens is 180 g/mol. The molecule has 0 aromatic carbocycles. The fourth-order valence-electron chi connectivity index (χ4n) is 1.32. The van der Waals surface area contributed by atoms with Crippen LogP contribution in [0.2, 0.25) is 0 Å². The van der Waals surface area contributed by atoms with Crippen LogP contribution in [-0.4, -0.2) is 30.2 Å². The van der Waals surface area contributed by atoms with Gasteiger partial charge in [0.15, 0.2) is 6.29 Å². The Morgan fingerprint density at radius 2 is 2.14 bits per heavy atom. The standard InChI is InChI=1S/C11H18O3/c1-9(12)6-7-10(2)14-11-5-3-4-8-13-11/h9-12H,3-5,8H2,1-2H3/t9?,10-,11?/m0/s1. The summed E-state index contributed by atoms with van der Waals surface area (Å²) in [4.78, 5) is 0. The van der Waals surface area contributed by atoms with Crippen LogP contribution in [0.3, 0.4) is 0 Å². The zero-order chi connectivity index (χ0) is 10.4. The lowest BCUT2D eigenvalue weighted by Gasteiger charge is -2.24. The fraction of sp³-hybridized carbons (Fsp3) is 0.818. The summed E-state index contributed by atoms with van der Waals surface area (Å²) in [5, 5.41) is 8.95. The average molecular weight is 198 g/mol. The van der Waals surface area contributed by atoms with Crippen LogP contribution in [0.15, 0.2) is 0 Å². The Morgan fingerprint density at radius 1 is 1.36 bits per heavy atom. The maximum absolute atomic E-state index is 8.95. The van der Waals surface area contributed by atoms with E-state index < -0.39 is 6.10 Å². The molecule has 0 saturated carbocycles. The first kappa shape index (κ1) is 11.5. The topological polar surface area (TPSA) is 38.7 Å². The van der Waals surface area contributed by atoms with Gasteiger partial charge < -0.3 is 14.6 Å². The molecule has 14 heavy (non-hydrogen) atoms. The molecule has 0 spiro atoms. The van der Waals surface area contributed by atoms with Crippen molar-refractivity contribution in [2.24, 2.45) is 0 Å². The third kappa shape index (κ3) is 4.61. The minimum atomic E-state index is -0.590. The molecule has 0 aliphatic carbocycles. The minimum absolute atomic E-state index is 0.109. The Kier molecular flexibility index (Phi) is 4.95. The highest BCUT2D eigenvalue weighted by Gasteiger charge is 2.15. The summed E-state index contributed by atoms with van der Waals surface area (Å²) < 4.78 is 10.9. The van der Waals surface area contributed by atoms with Gasteiger partial charge in [-0.2, -0.15) is 0 Å². The molecule has 0 aromatic heterocycles. The minimum Gasteiger partial charge on any atom is -0.381 e. The van der Waals surface area contributed by atoms with E-state index in [2.05, 4.69) is 11.8 Å². The highest BCUT2D eigenvalue weighted by atomic mass is 16.7.